The van der Waals surface area contributed by atoms with Gasteiger partial charge < -0.3 is 4.74 Å². The van der Waals surface area contributed by atoms with Gasteiger partial charge in [-0.2, -0.15) is 4.31 Å². The topological polar surface area (TPSA) is 63.7 Å². The lowest BCUT2D eigenvalue weighted by Gasteiger charge is -2.29. The lowest BCUT2D eigenvalue weighted by molar-refractivity contribution is -0.140. The number of rotatable bonds is 3. The first-order valence-corrected chi connectivity index (χ1v) is 9.50. The van der Waals surface area contributed by atoms with Crippen molar-refractivity contribution in [2.45, 2.75) is 9.46 Å². The molecule has 0 amide bonds. The van der Waals surface area contributed by atoms with E-state index in [1.807, 2.05) is 0 Å². The highest BCUT2D eigenvalue weighted by atomic mass is 79.9. The van der Waals surface area contributed by atoms with Crippen molar-refractivity contribution < 1.29 is 17.9 Å². The molecule has 5 nitrogen and oxygen atoms in total. The summed E-state index contributed by atoms with van der Waals surface area (Å²) >= 11 is 5.85. The number of methoxy groups -OCH3 is 1. The van der Waals surface area contributed by atoms with E-state index >= 15 is 0 Å². The van der Waals surface area contributed by atoms with Gasteiger partial charge >= 0.3 is 5.97 Å². The number of nitrogens with zero attached hydrogens (tertiary/aromatic N) is 1. The molecular formula is C10H12BrNO4S3. The molecular weight excluding hydrogens is 374 g/mol. The minimum atomic E-state index is -3.52. The minimum absolute atomic E-state index is 0.162. The smallest absolute Gasteiger partial charge is 0.320 e. The van der Waals surface area contributed by atoms with E-state index in [2.05, 4.69) is 20.7 Å². The van der Waals surface area contributed by atoms with Gasteiger partial charge in [-0.1, -0.05) is 0 Å². The molecule has 19 heavy (non-hydrogen) atoms. The maximum absolute atomic E-state index is 12.4. The largest absolute Gasteiger partial charge is 0.468 e. The Balaban J connectivity index is 2.19. The van der Waals surface area contributed by atoms with Crippen molar-refractivity contribution >= 4 is 55.0 Å². The van der Waals surface area contributed by atoms with Crippen LogP contribution in [0.1, 0.15) is 0 Å². The summed E-state index contributed by atoms with van der Waals surface area (Å²) in [7, 11) is -2.20. The van der Waals surface area contributed by atoms with Gasteiger partial charge in [0.05, 0.1) is 10.9 Å². The molecule has 0 bridgehead atoms. The fourth-order valence-corrected chi connectivity index (χ4v) is 6.64. The van der Waals surface area contributed by atoms with Crippen molar-refractivity contribution in [1.29, 1.82) is 0 Å². The Labute approximate surface area is 128 Å². The molecule has 1 saturated heterocycles. The molecule has 0 saturated carbocycles. The molecule has 106 valence electrons. The molecule has 0 spiro atoms. The molecule has 1 aliphatic rings. The zero-order valence-electron chi connectivity index (χ0n) is 10.0. The van der Waals surface area contributed by atoms with E-state index in [9.17, 15) is 13.2 Å². The Hall–Kier alpha value is -0.0900. The van der Waals surface area contributed by atoms with Crippen LogP contribution in [0.15, 0.2) is 20.1 Å². The number of halogens is 1. The highest BCUT2D eigenvalue weighted by Gasteiger charge is 2.34. The molecule has 1 atom stereocenters. The van der Waals surface area contributed by atoms with Gasteiger partial charge in [-0.15, -0.1) is 23.1 Å². The Morgan fingerprint density at radius 1 is 1.53 bits per heavy atom. The fourth-order valence-electron chi connectivity index (χ4n) is 1.68. The van der Waals surface area contributed by atoms with E-state index in [-0.39, 0.29) is 16.7 Å². The molecule has 2 heterocycles. The Morgan fingerprint density at radius 3 is 2.84 bits per heavy atom. The maximum atomic E-state index is 12.4. The number of thioether (sulfide) groups is 1. The summed E-state index contributed by atoms with van der Waals surface area (Å²) in [6.45, 7) is 0.575. The van der Waals surface area contributed by atoms with Crippen LogP contribution in [0.25, 0.3) is 0 Å². The molecule has 9 heteroatoms. The predicted octanol–water partition coefficient (Wildman–Crippen LogP) is 1.79. The maximum Gasteiger partial charge on any atom is 0.320 e. The number of sulfonamides is 1. The van der Waals surface area contributed by atoms with Crippen LogP contribution >= 0.6 is 39.0 Å². The van der Waals surface area contributed by atoms with Crippen LogP contribution in [-0.4, -0.2) is 49.9 Å². The number of ether oxygens (including phenoxy) is 1. The average molecular weight is 386 g/mol. The summed E-state index contributed by atoms with van der Waals surface area (Å²) in [6.07, 6.45) is 0. The Morgan fingerprint density at radius 2 is 2.26 bits per heavy atom. The van der Waals surface area contributed by atoms with Gasteiger partial charge in [0.15, 0.2) is 0 Å². The second-order valence-electron chi connectivity index (χ2n) is 3.80. The van der Waals surface area contributed by atoms with Crippen LogP contribution in [-0.2, 0) is 19.6 Å². The molecule has 2 rings (SSSR count). The van der Waals surface area contributed by atoms with Crippen molar-refractivity contribution in [2.24, 2.45) is 0 Å². The van der Waals surface area contributed by atoms with Crippen LogP contribution in [0.2, 0.25) is 0 Å². The van der Waals surface area contributed by atoms with Gasteiger partial charge in [0.1, 0.15) is 9.46 Å². The summed E-state index contributed by atoms with van der Waals surface area (Å²) < 4.78 is 31.9. The van der Waals surface area contributed by atoms with Crippen molar-refractivity contribution in [3.63, 3.8) is 0 Å². The van der Waals surface area contributed by atoms with E-state index < -0.39 is 15.3 Å². The second-order valence-corrected chi connectivity index (χ2v) is 9.74. The van der Waals surface area contributed by atoms with Crippen molar-refractivity contribution in [1.82, 2.24) is 4.31 Å². The van der Waals surface area contributed by atoms with Gasteiger partial charge in [0.25, 0.3) is 10.0 Å². The molecule has 0 N–H and O–H groups in total. The molecule has 1 aromatic heterocycles. The van der Waals surface area contributed by atoms with E-state index in [4.69, 9.17) is 0 Å². The first kappa shape index (κ1) is 15.3. The van der Waals surface area contributed by atoms with Gasteiger partial charge in [0.2, 0.25) is 0 Å². The van der Waals surface area contributed by atoms with Crippen molar-refractivity contribution in [3.8, 4) is 0 Å². The standard InChI is InChI=1S/C10H12BrNO4S3/c1-16-10(13)7-6-12(4-5-17-7)19(14,15)9-3-2-8(11)18-9/h2-3,7H,4-6H2,1H3/t7-/m1/s1. The summed E-state index contributed by atoms with van der Waals surface area (Å²) in [5, 5.41) is -0.447. The molecule has 0 aromatic carbocycles. The minimum Gasteiger partial charge on any atom is -0.468 e. The molecule has 1 fully saturated rings. The highest BCUT2D eigenvalue weighted by molar-refractivity contribution is 9.11. The summed E-state index contributed by atoms with van der Waals surface area (Å²) in [6, 6.07) is 3.27. The average Bonchev–Trinajstić information content (AvgIpc) is 2.85. The molecule has 0 radical (unpaired) electrons. The van der Waals surface area contributed by atoms with Gasteiger partial charge in [-0.3, -0.25) is 4.79 Å². The van der Waals surface area contributed by atoms with Crippen molar-refractivity contribution in [2.75, 3.05) is 26.0 Å². The van der Waals surface area contributed by atoms with Crippen LogP contribution in [0.5, 0.6) is 0 Å². The Kier molecular flexibility index (Phi) is 4.93. The number of hydrogen-bond acceptors (Lipinski definition) is 6. The normalized spacial score (nSPS) is 21.3. The van der Waals surface area contributed by atoms with E-state index in [1.165, 1.54) is 34.5 Å². The van der Waals surface area contributed by atoms with Gasteiger partial charge in [-0.05, 0) is 28.1 Å². The summed E-state index contributed by atoms with van der Waals surface area (Å²) in [5.74, 6) is 0.211. The lowest BCUT2D eigenvalue weighted by atomic mass is 10.4. The third-order valence-corrected chi connectivity index (χ3v) is 7.75. The van der Waals surface area contributed by atoms with Gasteiger partial charge in [0, 0.05) is 18.8 Å². The fraction of sp³-hybridized carbons (Fsp3) is 0.500. The summed E-state index contributed by atoms with van der Waals surface area (Å²) in [4.78, 5) is 11.5. The number of thiophene rings is 1. The number of hydrogen-bond donors (Lipinski definition) is 0. The number of carbonyl (C=O) groups excluding carboxylic acids is 1. The van der Waals surface area contributed by atoms with Crippen LogP contribution in [0.4, 0.5) is 0 Å². The van der Waals surface area contributed by atoms with Crippen molar-refractivity contribution in [3.05, 3.63) is 15.9 Å². The van der Waals surface area contributed by atoms with Crippen LogP contribution in [0.3, 0.4) is 0 Å². The molecule has 1 aromatic rings. The zero-order valence-corrected chi connectivity index (χ0v) is 14.1. The Bertz CT molecular complexity index is 571. The number of carbonyl (C=O) groups is 1. The van der Waals surface area contributed by atoms with Gasteiger partial charge in [-0.25, -0.2) is 8.42 Å². The zero-order chi connectivity index (χ0) is 14.0. The molecule has 1 aliphatic heterocycles. The third-order valence-electron chi connectivity index (χ3n) is 2.64. The quantitative estimate of drug-likeness (QED) is 0.742. The molecule has 0 unspecified atom stereocenters. The second kappa shape index (κ2) is 6.13. The van der Waals surface area contributed by atoms with E-state index in [1.54, 1.807) is 12.1 Å². The molecule has 0 aliphatic carbocycles. The lowest BCUT2D eigenvalue weighted by Crippen LogP contribution is -2.44. The third kappa shape index (κ3) is 3.33. The summed E-state index contributed by atoms with van der Waals surface area (Å²) in [5.41, 5.74) is 0. The highest BCUT2D eigenvalue weighted by Crippen LogP contribution is 2.31. The SMILES string of the molecule is COC(=O)[C@H]1CN(S(=O)(=O)c2ccc(Br)s2)CCS1. The van der Waals surface area contributed by atoms with E-state index in [0.29, 0.717) is 12.3 Å². The monoisotopic (exact) mass is 385 g/mol. The first-order chi connectivity index (χ1) is 8.95. The van der Waals surface area contributed by atoms with Crippen LogP contribution in [0, 0.1) is 0 Å². The predicted molar refractivity (Wildman–Crippen MR) is 79.0 cm³/mol. The van der Waals surface area contributed by atoms with Crippen LogP contribution < -0.4 is 0 Å². The number of esters is 1. The first-order valence-electron chi connectivity index (χ1n) is 5.40. The van der Waals surface area contributed by atoms with E-state index in [0.717, 1.165) is 3.79 Å².